The molecule has 0 heterocycles. The number of rotatable bonds is 8. The predicted octanol–water partition coefficient (Wildman–Crippen LogP) is -1.86. The first-order chi connectivity index (χ1) is 9.40. The maximum absolute atomic E-state index is 11.4. The summed E-state index contributed by atoms with van der Waals surface area (Å²) in [7, 11) is 0. The van der Waals surface area contributed by atoms with E-state index in [0.717, 1.165) is 12.8 Å². The molecule has 1 atom stereocenters. The fraction of sp³-hybridized carbons (Fsp3) is 0.636. The quantitative estimate of drug-likeness (QED) is 0.331. The highest BCUT2D eigenvalue weighted by molar-refractivity contribution is 5.87. The largest absolute Gasteiger partial charge is 0.480 e. The zero-order valence-electron chi connectivity index (χ0n) is 10.8. The summed E-state index contributed by atoms with van der Waals surface area (Å²) in [6, 6.07) is -2.10. The molecule has 9 heteroatoms. The van der Waals surface area contributed by atoms with Crippen LogP contribution in [0.2, 0.25) is 0 Å². The van der Waals surface area contributed by atoms with Gasteiger partial charge in [-0.15, -0.1) is 0 Å². The Bertz CT molecular complexity index is 408. The van der Waals surface area contributed by atoms with Crippen LogP contribution in [-0.4, -0.2) is 48.1 Å². The Morgan fingerprint density at radius 3 is 2.25 bits per heavy atom. The molecule has 0 radical (unpaired) electrons. The van der Waals surface area contributed by atoms with Crippen molar-refractivity contribution in [3.05, 3.63) is 0 Å². The van der Waals surface area contributed by atoms with E-state index in [1.54, 1.807) is 0 Å². The molecule has 1 aliphatic rings. The number of amides is 4. The van der Waals surface area contributed by atoms with Crippen molar-refractivity contribution in [1.29, 1.82) is 0 Å². The van der Waals surface area contributed by atoms with E-state index in [1.165, 1.54) is 0 Å². The summed E-state index contributed by atoms with van der Waals surface area (Å²) in [4.78, 5) is 44.1. The van der Waals surface area contributed by atoms with Crippen LogP contribution in [0.3, 0.4) is 0 Å². The molecule has 4 amide bonds. The van der Waals surface area contributed by atoms with Crippen LogP contribution in [-0.2, 0) is 14.4 Å². The molecular formula is C11H18N4O5. The van der Waals surface area contributed by atoms with Gasteiger partial charge in [-0.1, -0.05) is 0 Å². The van der Waals surface area contributed by atoms with Crippen LogP contribution in [0.4, 0.5) is 4.79 Å². The minimum atomic E-state index is -1.37. The molecule has 1 rings (SSSR count). The molecule has 1 aliphatic carbocycles. The van der Waals surface area contributed by atoms with Gasteiger partial charge in [0.1, 0.15) is 6.04 Å². The Labute approximate surface area is 115 Å². The molecule has 20 heavy (non-hydrogen) atoms. The number of carbonyl (C=O) groups is 4. The lowest BCUT2D eigenvalue weighted by Crippen LogP contribution is -2.49. The first kappa shape index (κ1) is 15.7. The van der Waals surface area contributed by atoms with Crippen LogP contribution < -0.4 is 21.7 Å². The Morgan fingerprint density at radius 1 is 1.15 bits per heavy atom. The number of carbonyl (C=O) groups excluding carboxylic acids is 3. The van der Waals surface area contributed by atoms with Gasteiger partial charge in [-0.3, -0.25) is 9.59 Å². The molecule has 0 aromatic heterocycles. The van der Waals surface area contributed by atoms with Gasteiger partial charge in [0.15, 0.2) is 0 Å². The summed E-state index contributed by atoms with van der Waals surface area (Å²) in [6.45, 7) is 0.420. The van der Waals surface area contributed by atoms with E-state index in [4.69, 9.17) is 10.8 Å². The maximum Gasteiger partial charge on any atom is 0.326 e. The second kappa shape index (κ2) is 7.31. The van der Waals surface area contributed by atoms with Gasteiger partial charge >= 0.3 is 12.0 Å². The second-order valence-electron chi connectivity index (χ2n) is 4.53. The van der Waals surface area contributed by atoms with Gasteiger partial charge in [0.2, 0.25) is 11.8 Å². The fourth-order valence-corrected chi connectivity index (χ4v) is 1.46. The molecule has 0 aromatic carbocycles. The van der Waals surface area contributed by atoms with Crippen molar-refractivity contribution in [1.82, 2.24) is 16.0 Å². The third-order valence-corrected chi connectivity index (χ3v) is 2.67. The van der Waals surface area contributed by atoms with Gasteiger partial charge in [0.25, 0.3) is 0 Å². The average molecular weight is 286 g/mol. The van der Waals surface area contributed by atoms with Crippen molar-refractivity contribution < 1.29 is 24.3 Å². The monoisotopic (exact) mass is 286 g/mol. The van der Waals surface area contributed by atoms with Gasteiger partial charge < -0.3 is 26.8 Å². The molecule has 9 nitrogen and oxygen atoms in total. The van der Waals surface area contributed by atoms with Crippen LogP contribution >= 0.6 is 0 Å². The second-order valence-corrected chi connectivity index (χ2v) is 4.53. The molecule has 0 aliphatic heterocycles. The number of hydrogen-bond donors (Lipinski definition) is 5. The van der Waals surface area contributed by atoms with E-state index in [-0.39, 0.29) is 24.9 Å². The highest BCUT2D eigenvalue weighted by atomic mass is 16.4. The van der Waals surface area contributed by atoms with E-state index in [0.29, 0.717) is 0 Å². The first-order valence-electron chi connectivity index (χ1n) is 6.23. The lowest BCUT2D eigenvalue weighted by molar-refractivity contribution is -0.140. The Kier molecular flexibility index (Phi) is 5.75. The normalized spacial score (nSPS) is 15.0. The predicted molar refractivity (Wildman–Crippen MR) is 67.5 cm³/mol. The zero-order valence-corrected chi connectivity index (χ0v) is 10.8. The van der Waals surface area contributed by atoms with Crippen molar-refractivity contribution in [2.24, 2.45) is 11.7 Å². The van der Waals surface area contributed by atoms with E-state index in [2.05, 4.69) is 16.0 Å². The van der Waals surface area contributed by atoms with Crippen LogP contribution in [0.5, 0.6) is 0 Å². The highest BCUT2D eigenvalue weighted by Crippen LogP contribution is 2.28. The molecule has 0 saturated heterocycles. The van der Waals surface area contributed by atoms with E-state index < -0.39 is 30.4 Å². The molecule has 1 unspecified atom stereocenters. The Hall–Kier alpha value is -2.32. The highest BCUT2D eigenvalue weighted by Gasteiger charge is 2.29. The summed E-state index contributed by atoms with van der Waals surface area (Å²) in [5.74, 6) is -2.12. The maximum atomic E-state index is 11.4. The van der Waals surface area contributed by atoms with Gasteiger partial charge in [0, 0.05) is 19.0 Å². The summed E-state index contributed by atoms with van der Waals surface area (Å²) in [6.07, 6.45) is 1.31. The van der Waals surface area contributed by atoms with Gasteiger partial charge in [-0.25, -0.2) is 9.59 Å². The third-order valence-electron chi connectivity index (χ3n) is 2.67. The van der Waals surface area contributed by atoms with E-state index in [9.17, 15) is 19.2 Å². The van der Waals surface area contributed by atoms with Crippen molar-refractivity contribution >= 4 is 23.8 Å². The molecule has 6 N–H and O–H groups in total. The molecule has 1 fully saturated rings. The molecule has 0 spiro atoms. The van der Waals surface area contributed by atoms with Crippen LogP contribution in [0.1, 0.15) is 19.3 Å². The van der Waals surface area contributed by atoms with Crippen LogP contribution in [0.15, 0.2) is 0 Å². The third kappa shape index (κ3) is 6.03. The Balaban J connectivity index is 2.18. The standard InChI is InChI=1S/C11H18N4O5/c12-8(16)5-7(10(18)19)15-11(20)14-4-3-13-9(17)6-1-2-6/h6-7H,1-5H2,(H2,12,16)(H,13,17)(H,18,19)(H2,14,15,20). The number of carboxylic acid groups (broad SMARTS) is 1. The number of nitrogens with two attached hydrogens (primary N) is 1. The number of aliphatic carboxylic acids is 1. The van der Waals surface area contributed by atoms with Crippen molar-refractivity contribution in [3.63, 3.8) is 0 Å². The molecule has 112 valence electrons. The fourth-order valence-electron chi connectivity index (χ4n) is 1.46. The molecule has 1 saturated carbocycles. The summed E-state index contributed by atoms with van der Waals surface area (Å²) < 4.78 is 0. The molecule has 0 aromatic rings. The minimum Gasteiger partial charge on any atom is -0.480 e. The number of hydrogen-bond acceptors (Lipinski definition) is 4. The minimum absolute atomic E-state index is 0.0376. The zero-order chi connectivity index (χ0) is 15.1. The number of primary amides is 1. The summed E-state index contributed by atoms with van der Waals surface area (Å²) in [5, 5.41) is 15.9. The van der Waals surface area contributed by atoms with E-state index >= 15 is 0 Å². The lowest BCUT2D eigenvalue weighted by Gasteiger charge is -2.13. The number of urea groups is 1. The SMILES string of the molecule is NC(=O)CC(NC(=O)NCCNC(=O)C1CC1)C(=O)O. The summed E-state index contributed by atoms with van der Waals surface area (Å²) in [5.41, 5.74) is 4.87. The lowest BCUT2D eigenvalue weighted by atomic mass is 10.2. The van der Waals surface area contributed by atoms with Crippen molar-refractivity contribution in [3.8, 4) is 0 Å². The van der Waals surface area contributed by atoms with E-state index in [1.807, 2.05) is 0 Å². The van der Waals surface area contributed by atoms with Crippen LogP contribution in [0.25, 0.3) is 0 Å². The van der Waals surface area contributed by atoms with Crippen molar-refractivity contribution in [2.75, 3.05) is 13.1 Å². The first-order valence-corrected chi connectivity index (χ1v) is 6.23. The molecular weight excluding hydrogens is 268 g/mol. The van der Waals surface area contributed by atoms with Gasteiger partial charge in [-0.2, -0.15) is 0 Å². The van der Waals surface area contributed by atoms with Gasteiger partial charge in [0.05, 0.1) is 6.42 Å². The topological polar surface area (TPSA) is 151 Å². The van der Waals surface area contributed by atoms with Crippen molar-refractivity contribution in [2.45, 2.75) is 25.3 Å². The average Bonchev–Trinajstić information content (AvgIpc) is 3.17. The smallest absolute Gasteiger partial charge is 0.326 e. The number of nitrogens with one attached hydrogen (secondary N) is 3. The molecule has 0 bridgehead atoms. The van der Waals surface area contributed by atoms with Gasteiger partial charge in [-0.05, 0) is 12.8 Å². The Morgan fingerprint density at radius 2 is 1.75 bits per heavy atom. The summed E-state index contributed by atoms with van der Waals surface area (Å²) >= 11 is 0. The van der Waals surface area contributed by atoms with Crippen LogP contribution in [0, 0.1) is 5.92 Å². The number of carboxylic acids is 1.